The Bertz CT molecular complexity index is 518. The van der Waals surface area contributed by atoms with Gasteiger partial charge in [-0.2, -0.15) is 10.2 Å². The number of aliphatic hydroxyl groups is 2. The van der Waals surface area contributed by atoms with Crippen LogP contribution in [0.2, 0.25) is 0 Å². The van der Waals surface area contributed by atoms with E-state index >= 15 is 0 Å². The largest absolute Gasteiger partial charge is 0.394 e. The minimum absolute atomic E-state index is 0.254. The second-order valence-corrected chi connectivity index (χ2v) is 4.22. The Hall–Kier alpha value is -1.66. The third-order valence-corrected chi connectivity index (χ3v) is 2.89. The first kappa shape index (κ1) is 12.8. The van der Waals surface area contributed by atoms with Crippen molar-refractivity contribution in [2.45, 2.75) is 32.9 Å². The lowest BCUT2D eigenvalue weighted by atomic mass is 10.2. The van der Waals surface area contributed by atoms with E-state index in [9.17, 15) is 5.11 Å². The van der Waals surface area contributed by atoms with Gasteiger partial charge in [-0.05, 0) is 19.4 Å². The second-order valence-electron chi connectivity index (χ2n) is 4.22. The summed E-state index contributed by atoms with van der Waals surface area (Å²) in [7, 11) is 0. The van der Waals surface area contributed by atoms with Gasteiger partial charge >= 0.3 is 0 Å². The van der Waals surface area contributed by atoms with Crippen molar-refractivity contribution in [3.63, 3.8) is 0 Å². The van der Waals surface area contributed by atoms with Gasteiger partial charge in [0, 0.05) is 11.4 Å². The lowest BCUT2D eigenvalue weighted by Crippen LogP contribution is -2.21. The summed E-state index contributed by atoms with van der Waals surface area (Å²) >= 11 is 0. The van der Waals surface area contributed by atoms with E-state index in [1.54, 1.807) is 4.68 Å². The van der Waals surface area contributed by atoms with Gasteiger partial charge in [-0.25, -0.2) is 0 Å². The fourth-order valence-electron chi connectivity index (χ4n) is 1.74. The maximum absolute atomic E-state index is 9.41. The molecule has 2 aromatic rings. The molecule has 2 rings (SSSR count). The van der Waals surface area contributed by atoms with Crippen LogP contribution in [0.15, 0.2) is 6.07 Å². The Morgan fingerprint density at radius 2 is 2.33 bits per heavy atom. The van der Waals surface area contributed by atoms with E-state index in [1.807, 2.05) is 13.0 Å². The Kier molecular flexibility index (Phi) is 3.78. The standard InChI is InChI=1S/C12H17N4O2/c1-3-9-4-12(15-14-9)11-5-13-16(8(11)2)6-10(18)7-17/h4,10,17-18H,3,6-7H2,1-2H3,(H,14,15)/t10-/m1/s1. The molecule has 0 aliphatic carbocycles. The number of aromatic nitrogens is 4. The minimum Gasteiger partial charge on any atom is -0.394 e. The third kappa shape index (κ3) is 2.44. The number of rotatable bonds is 5. The molecule has 0 spiro atoms. The lowest BCUT2D eigenvalue weighted by molar-refractivity contribution is 0.0777. The van der Waals surface area contributed by atoms with E-state index in [2.05, 4.69) is 28.4 Å². The smallest absolute Gasteiger partial charge is 0.123 e. The van der Waals surface area contributed by atoms with Crippen LogP contribution in [0.3, 0.4) is 0 Å². The Morgan fingerprint density at radius 3 is 2.94 bits per heavy atom. The van der Waals surface area contributed by atoms with Crippen LogP contribution in [0.25, 0.3) is 11.3 Å². The van der Waals surface area contributed by atoms with Crippen molar-refractivity contribution in [1.82, 2.24) is 20.0 Å². The van der Waals surface area contributed by atoms with Gasteiger partial charge in [0.2, 0.25) is 0 Å². The first-order chi connectivity index (χ1) is 8.65. The van der Waals surface area contributed by atoms with Gasteiger partial charge in [0.1, 0.15) is 6.20 Å². The van der Waals surface area contributed by atoms with Crippen LogP contribution >= 0.6 is 0 Å². The fraction of sp³-hybridized carbons (Fsp3) is 0.500. The van der Waals surface area contributed by atoms with Crippen LogP contribution in [0.5, 0.6) is 0 Å². The molecule has 0 amide bonds. The zero-order valence-electron chi connectivity index (χ0n) is 10.5. The van der Waals surface area contributed by atoms with Gasteiger partial charge in [0.25, 0.3) is 0 Å². The van der Waals surface area contributed by atoms with Crippen molar-refractivity contribution in [2.75, 3.05) is 6.61 Å². The molecule has 2 heterocycles. The summed E-state index contributed by atoms with van der Waals surface area (Å²) in [6.07, 6.45) is 2.98. The summed E-state index contributed by atoms with van der Waals surface area (Å²) in [5.41, 5.74) is 3.54. The number of aromatic amines is 1. The summed E-state index contributed by atoms with van der Waals surface area (Å²) in [5.74, 6) is 0. The average molecular weight is 249 g/mol. The maximum Gasteiger partial charge on any atom is 0.123 e. The number of nitrogens with zero attached hydrogens (tertiary/aromatic N) is 3. The van der Waals surface area contributed by atoms with E-state index < -0.39 is 6.10 Å². The second kappa shape index (κ2) is 5.32. The molecule has 0 bridgehead atoms. The Morgan fingerprint density at radius 1 is 1.56 bits per heavy atom. The molecule has 3 N–H and O–H groups in total. The molecule has 1 radical (unpaired) electrons. The number of aliphatic hydroxyl groups excluding tert-OH is 2. The van der Waals surface area contributed by atoms with Crippen molar-refractivity contribution in [1.29, 1.82) is 0 Å². The van der Waals surface area contributed by atoms with Crippen molar-refractivity contribution in [2.24, 2.45) is 0 Å². The quantitative estimate of drug-likeness (QED) is 0.711. The van der Waals surface area contributed by atoms with E-state index in [-0.39, 0.29) is 13.2 Å². The number of aryl methyl sites for hydroxylation is 1. The number of hydrogen-bond donors (Lipinski definition) is 3. The van der Waals surface area contributed by atoms with Gasteiger partial charge in [0.15, 0.2) is 0 Å². The van der Waals surface area contributed by atoms with Gasteiger partial charge < -0.3 is 10.2 Å². The summed E-state index contributed by atoms with van der Waals surface area (Å²) in [4.78, 5) is 0. The molecule has 0 aromatic carbocycles. The van der Waals surface area contributed by atoms with E-state index in [0.29, 0.717) is 0 Å². The topological polar surface area (TPSA) is 87.0 Å². The van der Waals surface area contributed by atoms with Crippen LogP contribution in [0.1, 0.15) is 18.3 Å². The van der Waals surface area contributed by atoms with Crippen LogP contribution in [-0.2, 0) is 13.0 Å². The molecule has 6 heteroatoms. The monoisotopic (exact) mass is 249 g/mol. The van der Waals surface area contributed by atoms with Crippen molar-refractivity contribution >= 4 is 0 Å². The molecule has 0 aliphatic rings. The van der Waals surface area contributed by atoms with Crippen molar-refractivity contribution < 1.29 is 10.2 Å². The highest BCUT2D eigenvalue weighted by Crippen LogP contribution is 2.21. The first-order valence-corrected chi connectivity index (χ1v) is 5.94. The van der Waals surface area contributed by atoms with E-state index in [0.717, 1.165) is 29.1 Å². The Balaban J connectivity index is 2.24. The highest BCUT2D eigenvalue weighted by molar-refractivity contribution is 5.60. The molecule has 6 nitrogen and oxygen atoms in total. The SMILES string of the molecule is CCc1cc(-c2[c]nn(C[C@@H](O)CO)c2C)n[nH]1. The number of nitrogens with one attached hydrogen (secondary N) is 1. The molecule has 18 heavy (non-hydrogen) atoms. The first-order valence-electron chi connectivity index (χ1n) is 5.94. The van der Waals surface area contributed by atoms with Gasteiger partial charge in [-0.1, -0.05) is 6.92 Å². The molecule has 0 unspecified atom stereocenters. The average Bonchev–Trinajstić information content (AvgIpc) is 2.97. The van der Waals surface area contributed by atoms with Gasteiger partial charge in [0.05, 0.1) is 30.5 Å². The fourth-order valence-corrected chi connectivity index (χ4v) is 1.74. The summed E-state index contributed by atoms with van der Waals surface area (Å²) in [6.45, 7) is 3.92. The minimum atomic E-state index is -0.810. The van der Waals surface area contributed by atoms with Crippen LogP contribution in [0, 0.1) is 13.1 Å². The summed E-state index contributed by atoms with van der Waals surface area (Å²) in [6, 6.07) is 1.97. The number of H-pyrrole nitrogens is 1. The lowest BCUT2D eigenvalue weighted by Gasteiger charge is -2.08. The summed E-state index contributed by atoms with van der Waals surface area (Å²) < 4.78 is 1.62. The highest BCUT2D eigenvalue weighted by atomic mass is 16.3. The normalized spacial score (nSPS) is 12.9. The zero-order valence-corrected chi connectivity index (χ0v) is 10.5. The molecule has 0 aliphatic heterocycles. The summed E-state index contributed by atoms with van der Waals surface area (Å²) in [5, 5.41) is 29.5. The van der Waals surface area contributed by atoms with E-state index in [4.69, 9.17) is 5.11 Å². The van der Waals surface area contributed by atoms with Gasteiger partial charge in [-0.3, -0.25) is 9.78 Å². The van der Waals surface area contributed by atoms with Crippen LogP contribution in [0.4, 0.5) is 0 Å². The molecular weight excluding hydrogens is 232 g/mol. The van der Waals surface area contributed by atoms with Gasteiger partial charge in [-0.15, -0.1) is 0 Å². The molecule has 0 fully saturated rings. The predicted octanol–water partition coefficient (Wildman–Crippen LogP) is 0.297. The molecule has 2 aromatic heterocycles. The molecule has 0 saturated carbocycles. The predicted molar refractivity (Wildman–Crippen MR) is 65.9 cm³/mol. The van der Waals surface area contributed by atoms with Crippen molar-refractivity contribution in [3.05, 3.63) is 23.7 Å². The maximum atomic E-state index is 9.41. The van der Waals surface area contributed by atoms with Crippen LogP contribution in [-0.4, -0.2) is 42.9 Å². The Labute approximate surface area is 105 Å². The number of hydrogen-bond acceptors (Lipinski definition) is 4. The molecule has 97 valence electrons. The van der Waals surface area contributed by atoms with Crippen LogP contribution < -0.4 is 0 Å². The molecule has 0 saturated heterocycles. The zero-order chi connectivity index (χ0) is 13.1. The molecule has 1 atom stereocenters. The highest BCUT2D eigenvalue weighted by Gasteiger charge is 2.14. The van der Waals surface area contributed by atoms with E-state index in [1.165, 1.54) is 0 Å². The molecular formula is C12H17N4O2. The van der Waals surface area contributed by atoms with Crippen molar-refractivity contribution in [3.8, 4) is 11.3 Å². The third-order valence-electron chi connectivity index (χ3n) is 2.89.